The quantitative estimate of drug-likeness (QED) is 0.352. The molecular weight excluding hydrogens is 504 g/mol. The second kappa shape index (κ2) is 11.2. The van der Waals surface area contributed by atoms with E-state index in [2.05, 4.69) is 10.6 Å². The van der Waals surface area contributed by atoms with Gasteiger partial charge >= 0.3 is 12.1 Å². The lowest BCUT2D eigenvalue weighted by Crippen LogP contribution is -2.40. The molecule has 0 atom stereocenters. The number of carbonyl (C=O) groups excluding carboxylic acids is 2. The van der Waals surface area contributed by atoms with Crippen LogP contribution in [0.3, 0.4) is 0 Å². The van der Waals surface area contributed by atoms with Crippen LogP contribution in [0.2, 0.25) is 0 Å². The van der Waals surface area contributed by atoms with Crippen LogP contribution in [0, 0.1) is 13.8 Å². The van der Waals surface area contributed by atoms with E-state index in [4.69, 9.17) is 0 Å². The number of amides is 4. The highest BCUT2D eigenvalue weighted by Gasteiger charge is 2.18. The van der Waals surface area contributed by atoms with Crippen molar-refractivity contribution in [3.8, 4) is 0 Å². The molecule has 4 amide bonds. The monoisotopic (exact) mass is 530 g/mol. The van der Waals surface area contributed by atoms with Crippen molar-refractivity contribution >= 4 is 37.8 Å². The van der Waals surface area contributed by atoms with E-state index in [0.29, 0.717) is 12.1 Å². The van der Waals surface area contributed by atoms with Gasteiger partial charge in [-0.1, -0.05) is 47.5 Å². The summed E-state index contributed by atoms with van der Waals surface area (Å²) in [5.74, 6) is 0. The van der Waals surface area contributed by atoms with Gasteiger partial charge in [0, 0.05) is 12.2 Å². The maximum Gasteiger partial charge on any atom is 0.333 e. The maximum atomic E-state index is 12.3. The summed E-state index contributed by atoms with van der Waals surface area (Å²) >= 11 is 0. The lowest BCUT2D eigenvalue weighted by molar-refractivity contribution is 0.246. The summed E-state index contributed by atoms with van der Waals surface area (Å²) in [6.07, 6.45) is 0.395. The molecule has 190 valence electrons. The zero-order chi connectivity index (χ0) is 26.3. The summed E-state index contributed by atoms with van der Waals surface area (Å²) in [4.78, 5) is 24.1. The van der Waals surface area contributed by atoms with Crippen molar-refractivity contribution in [3.63, 3.8) is 0 Å². The molecule has 4 N–H and O–H groups in total. The summed E-state index contributed by atoms with van der Waals surface area (Å²) in [6, 6.07) is 17.0. The molecule has 0 spiro atoms. The van der Waals surface area contributed by atoms with Gasteiger partial charge in [-0.05, 0) is 62.2 Å². The highest BCUT2D eigenvalue weighted by atomic mass is 32.2. The second-order valence-corrected chi connectivity index (χ2v) is 11.4. The van der Waals surface area contributed by atoms with Crippen LogP contribution in [0.25, 0.3) is 0 Å². The number of aryl methyl sites for hydroxylation is 2. The van der Waals surface area contributed by atoms with E-state index in [1.54, 1.807) is 48.5 Å². The average Bonchev–Trinajstić information content (AvgIpc) is 2.80. The summed E-state index contributed by atoms with van der Waals surface area (Å²) in [5, 5.41) is 4.93. The molecule has 0 saturated heterocycles. The van der Waals surface area contributed by atoms with E-state index in [1.165, 1.54) is 24.3 Å². The third-order valence-corrected chi connectivity index (χ3v) is 7.72. The smallest absolute Gasteiger partial charge is 0.333 e. The van der Waals surface area contributed by atoms with Crippen LogP contribution in [0.5, 0.6) is 0 Å². The number of hydrogen-bond donors (Lipinski definition) is 4. The third-order valence-electron chi connectivity index (χ3n) is 5.03. The molecule has 0 aliphatic rings. The Morgan fingerprint density at radius 3 is 1.56 bits per heavy atom. The largest absolute Gasteiger partial charge is 0.337 e. The first-order valence-corrected chi connectivity index (χ1v) is 13.8. The van der Waals surface area contributed by atoms with Gasteiger partial charge in [0.1, 0.15) is 0 Å². The van der Waals surface area contributed by atoms with Crippen LogP contribution in [0.1, 0.15) is 16.7 Å². The first kappa shape index (κ1) is 26.7. The average molecular weight is 531 g/mol. The SMILES string of the molecule is Cc1ccc(S(=O)(=O)NC(=O)NCCc2ccc(NC(=O)NS(=O)(=O)c3ccc(C)cc3)cc2)cc1. The van der Waals surface area contributed by atoms with Crippen molar-refractivity contribution in [2.24, 2.45) is 0 Å². The zero-order valence-electron chi connectivity index (χ0n) is 19.6. The minimum absolute atomic E-state index is 0.0120. The predicted octanol–water partition coefficient (Wildman–Crippen LogP) is 3.04. The molecule has 3 aromatic rings. The molecule has 10 nitrogen and oxygen atoms in total. The molecule has 0 unspecified atom stereocenters. The zero-order valence-corrected chi connectivity index (χ0v) is 21.2. The number of hydrogen-bond acceptors (Lipinski definition) is 6. The van der Waals surface area contributed by atoms with Crippen LogP contribution in [-0.4, -0.2) is 35.4 Å². The maximum absolute atomic E-state index is 12.3. The van der Waals surface area contributed by atoms with Gasteiger partial charge in [0.2, 0.25) is 0 Å². The molecule has 0 saturated carbocycles. The van der Waals surface area contributed by atoms with Crippen molar-refractivity contribution in [2.45, 2.75) is 30.1 Å². The van der Waals surface area contributed by atoms with Crippen molar-refractivity contribution in [1.29, 1.82) is 0 Å². The lowest BCUT2D eigenvalue weighted by Gasteiger charge is -2.10. The number of sulfonamides is 2. The van der Waals surface area contributed by atoms with Gasteiger partial charge in [0.25, 0.3) is 20.0 Å². The van der Waals surface area contributed by atoms with Crippen LogP contribution < -0.4 is 20.1 Å². The van der Waals surface area contributed by atoms with Crippen molar-refractivity contribution in [1.82, 2.24) is 14.8 Å². The van der Waals surface area contributed by atoms with E-state index in [1.807, 2.05) is 23.3 Å². The van der Waals surface area contributed by atoms with Crippen LogP contribution >= 0.6 is 0 Å². The molecule has 0 radical (unpaired) electrons. The fourth-order valence-corrected chi connectivity index (χ4v) is 4.90. The molecule has 0 bridgehead atoms. The minimum atomic E-state index is -4.01. The predicted molar refractivity (Wildman–Crippen MR) is 136 cm³/mol. The molecule has 36 heavy (non-hydrogen) atoms. The van der Waals surface area contributed by atoms with E-state index >= 15 is 0 Å². The molecule has 0 aliphatic carbocycles. The fraction of sp³-hybridized carbons (Fsp3) is 0.167. The van der Waals surface area contributed by atoms with Crippen molar-refractivity contribution < 1.29 is 26.4 Å². The van der Waals surface area contributed by atoms with Crippen LogP contribution in [0.15, 0.2) is 82.6 Å². The Kier molecular flexibility index (Phi) is 8.33. The van der Waals surface area contributed by atoms with Gasteiger partial charge in [0.05, 0.1) is 9.79 Å². The molecule has 3 rings (SSSR count). The normalized spacial score (nSPS) is 11.4. The highest BCUT2D eigenvalue weighted by Crippen LogP contribution is 2.13. The van der Waals surface area contributed by atoms with E-state index in [0.717, 1.165) is 16.7 Å². The molecule has 0 heterocycles. The van der Waals surface area contributed by atoms with Gasteiger partial charge in [-0.25, -0.2) is 35.9 Å². The summed E-state index contributed by atoms with van der Waals surface area (Å²) in [5.41, 5.74) is 2.95. The van der Waals surface area contributed by atoms with Gasteiger partial charge in [-0.3, -0.25) is 0 Å². The Labute approximate surface area is 210 Å². The number of urea groups is 2. The first-order chi connectivity index (χ1) is 16.9. The number of rotatable bonds is 8. The van der Waals surface area contributed by atoms with Crippen molar-refractivity contribution in [3.05, 3.63) is 89.5 Å². The molecule has 12 heteroatoms. The van der Waals surface area contributed by atoms with Gasteiger partial charge in [-0.2, -0.15) is 0 Å². The summed E-state index contributed by atoms with van der Waals surface area (Å²) < 4.78 is 53.0. The number of nitrogens with one attached hydrogen (secondary N) is 4. The summed E-state index contributed by atoms with van der Waals surface area (Å²) in [7, 11) is -7.98. The fourth-order valence-electron chi connectivity index (χ4n) is 3.06. The Bertz CT molecular complexity index is 1440. The molecule has 0 aromatic heterocycles. The van der Waals surface area contributed by atoms with Gasteiger partial charge < -0.3 is 10.6 Å². The Hall–Kier alpha value is -3.90. The third kappa shape index (κ3) is 7.55. The Morgan fingerprint density at radius 2 is 1.08 bits per heavy atom. The van der Waals surface area contributed by atoms with Crippen LogP contribution in [-0.2, 0) is 26.5 Å². The first-order valence-electron chi connectivity index (χ1n) is 10.8. The van der Waals surface area contributed by atoms with Gasteiger partial charge in [0.15, 0.2) is 0 Å². The highest BCUT2D eigenvalue weighted by molar-refractivity contribution is 7.90. The van der Waals surface area contributed by atoms with E-state index in [9.17, 15) is 26.4 Å². The van der Waals surface area contributed by atoms with E-state index < -0.39 is 32.1 Å². The van der Waals surface area contributed by atoms with Gasteiger partial charge in [-0.15, -0.1) is 0 Å². The molecule has 0 aliphatic heterocycles. The second-order valence-electron chi connectivity index (χ2n) is 7.99. The van der Waals surface area contributed by atoms with E-state index in [-0.39, 0.29) is 16.3 Å². The standard InChI is InChI=1S/C24H26N4O6S2/c1-17-3-11-21(12-4-17)35(31,32)27-23(29)25-16-15-19-7-9-20(10-8-19)26-24(30)28-36(33,34)22-13-5-18(2)6-14-22/h3-14H,15-16H2,1-2H3,(H2,25,27,29)(H2,26,28,30). The minimum Gasteiger partial charge on any atom is -0.337 e. The topological polar surface area (TPSA) is 151 Å². The lowest BCUT2D eigenvalue weighted by atomic mass is 10.1. The molecule has 3 aromatic carbocycles. The molecular formula is C24H26N4O6S2. The molecule has 0 fully saturated rings. The van der Waals surface area contributed by atoms with Crippen molar-refractivity contribution in [2.75, 3.05) is 11.9 Å². The Balaban J connectivity index is 1.46. The number of carbonyl (C=O) groups is 2. The summed E-state index contributed by atoms with van der Waals surface area (Å²) in [6.45, 7) is 3.81. The van der Waals surface area contributed by atoms with Crippen LogP contribution in [0.4, 0.5) is 15.3 Å². The Morgan fingerprint density at radius 1 is 0.639 bits per heavy atom. The number of benzene rings is 3. The number of anilines is 1.